The molecule has 3 saturated carbocycles. The van der Waals surface area contributed by atoms with Crippen molar-refractivity contribution in [1.29, 1.82) is 0 Å². The van der Waals surface area contributed by atoms with Crippen LogP contribution in [0.15, 0.2) is 11.6 Å². The van der Waals surface area contributed by atoms with Crippen molar-refractivity contribution < 1.29 is 23.8 Å². The zero-order chi connectivity index (χ0) is 21.4. The fourth-order valence-electron chi connectivity index (χ4n) is 8.44. The van der Waals surface area contributed by atoms with Crippen LogP contribution in [0.1, 0.15) is 79.1 Å². The van der Waals surface area contributed by atoms with Crippen molar-refractivity contribution >= 4 is 11.8 Å². The van der Waals surface area contributed by atoms with Crippen molar-refractivity contribution in [2.24, 2.45) is 28.6 Å². The van der Waals surface area contributed by atoms with Gasteiger partial charge in [0, 0.05) is 18.8 Å². The second-order valence-corrected chi connectivity index (χ2v) is 11.0. The van der Waals surface area contributed by atoms with Gasteiger partial charge in [-0.2, -0.15) is 0 Å². The molecule has 1 saturated heterocycles. The predicted octanol–water partition coefficient (Wildman–Crippen LogP) is 4.58. The van der Waals surface area contributed by atoms with Gasteiger partial charge in [0.25, 0.3) is 0 Å². The Labute approximate surface area is 179 Å². The first kappa shape index (κ1) is 20.7. The smallest absolute Gasteiger partial charge is 0.303 e. The molecule has 5 heteroatoms. The van der Waals surface area contributed by atoms with Crippen LogP contribution in [-0.2, 0) is 23.8 Å². The number of fused-ring (bicyclic) bond motifs is 5. The Morgan fingerprint density at radius 3 is 2.33 bits per heavy atom. The summed E-state index contributed by atoms with van der Waals surface area (Å²) in [5.74, 6) is 0.865. The predicted molar refractivity (Wildman–Crippen MR) is 112 cm³/mol. The Hall–Kier alpha value is -1.20. The van der Waals surface area contributed by atoms with Gasteiger partial charge in [-0.1, -0.05) is 19.4 Å². The third-order valence-corrected chi connectivity index (χ3v) is 9.91. The molecule has 0 N–H and O–H groups in total. The van der Waals surface area contributed by atoms with E-state index in [1.54, 1.807) is 6.92 Å². The average molecular weight is 417 g/mol. The van der Waals surface area contributed by atoms with Gasteiger partial charge in [-0.05, 0) is 81.1 Å². The minimum Gasteiger partial charge on any atom is -0.451 e. The van der Waals surface area contributed by atoms with Crippen molar-refractivity contribution in [2.75, 3.05) is 13.2 Å². The first-order valence-electron chi connectivity index (χ1n) is 11.9. The number of esters is 1. The van der Waals surface area contributed by atoms with E-state index in [9.17, 15) is 9.59 Å². The lowest BCUT2D eigenvalue weighted by molar-refractivity contribution is -0.188. The van der Waals surface area contributed by atoms with E-state index < -0.39 is 11.4 Å². The molecular formula is C25H36O5. The van der Waals surface area contributed by atoms with Crippen LogP contribution in [0, 0.1) is 28.6 Å². The van der Waals surface area contributed by atoms with E-state index in [2.05, 4.69) is 19.9 Å². The molecular weight excluding hydrogens is 380 g/mol. The van der Waals surface area contributed by atoms with Crippen LogP contribution in [0.4, 0.5) is 0 Å². The van der Waals surface area contributed by atoms with E-state index in [-0.39, 0.29) is 22.6 Å². The third kappa shape index (κ3) is 2.60. The lowest BCUT2D eigenvalue weighted by atomic mass is 9.46. The molecule has 5 rings (SSSR count). The summed E-state index contributed by atoms with van der Waals surface area (Å²) in [5.41, 5.74) is 0.523. The Balaban J connectivity index is 1.47. The Kier molecular flexibility index (Phi) is 4.59. The molecule has 0 aromatic rings. The van der Waals surface area contributed by atoms with Crippen LogP contribution >= 0.6 is 0 Å². The van der Waals surface area contributed by atoms with Crippen LogP contribution in [0.2, 0.25) is 0 Å². The molecule has 0 radical (unpaired) electrons. The molecule has 0 aromatic carbocycles. The molecule has 4 fully saturated rings. The lowest BCUT2D eigenvalue weighted by Crippen LogP contribution is -2.58. The first-order valence-corrected chi connectivity index (χ1v) is 11.9. The van der Waals surface area contributed by atoms with Gasteiger partial charge >= 0.3 is 5.97 Å². The van der Waals surface area contributed by atoms with Gasteiger partial charge in [0.2, 0.25) is 0 Å². The van der Waals surface area contributed by atoms with Gasteiger partial charge in [-0.3, -0.25) is 9.59 Å². The van der Waals surface area contributed by atoms with E-state index in [4.69, 9.17) is 14.2 Å². The van der Waals surface area contributed by atoms with Crippen molar-refractivity contribution in [1.82, 2.24) is 0 Å². The van der Waals surface area contributed by atoms with Crippen molar-refractivity contribution in [3.63, 3.8) is 0 Å². The first-order chi connectivity index (χ1) is 14.2. The van der Waals surface area contributed by atoms with Crippen molar-refractivity contribution in [2.45, 2.75) is 90.4 Å². The molecule has 30 heavy (non-hydrogen) atoms. The van der Waals surface area contributed by atoms with E-state index in [0.29, 0.717) is 37.4 Å². The number of ketones is 1. The maximum Gasteiger partial charge on any atom is 0.303 e. The van der Waals surface area contributed by atoms with E-state index in [1.807, 2.05) is 0 Å². The number of rotatable bonds is 2. The normalized spacial score (nSPS) is 46.5. The Bertz CT molecular complexity index is 795. The Morgan fingerprint density at radius 1 is 0.967 bits per heavy atom. The van der Waals surface area contributed by atoms with Gasteiger partial charge in [-0.25, -0.2) is 0 Å². The average Bonchev–Trinajstić information content (AvgIpc) is 3.25. The van der Waals surface area contributed by atoms with E-state index >= 15 is 0 Å². The summed E-state index contributed by atoms with van der Waals surface area (Å²) in [4.78, 5) is 24.8. The zero-order valence-corrected chi connectivity index (χ0v) is 18.9. The lowest BCUT2D eigenvalue weighted by Gasteiger charge is -2.60. The number of hydrogen-bond acceptors (Lipinski definition) is 5. The summed E-state index contributed by atoms with van der Waals surface area (Å²) in [6.07, 6.45) is 10.3. The van der Waals surface area contributed by atoms with Gasteiger partial charge in [0.15, 0.2) is 17.2 Å². The number of hydrogen-bond donors (Lipinski definition) is 0. The highest BCUT2D eigenvalue weighted by Gasteiger charge is 2.68. The molecule has 0 bridgehead atoms. The highest BCUT2D eigenvalue weighted by Crippen LogP contribution is 2.69. The number of carbonyl (C=O) groups is 2. The van der Waals surface area contributed by atoms with Crippen LogP contribution in [0.5, 0.6) is 0 Å². The standard InChI is InChI=1S/C25H36O5/c1-16(26)25(30-17(2)27)10-8-21-19-6-5-18-15-24(28-13-14-29-24)12-11-22(18,3)20(19)7-9-23(21,25)4/h15,19-21H,5-14H2,1-4H3/t19-,20+,21+,22+,23+,25+/m1/s1. The molecule has 5 nitrogen and oxygen atoms in total. The minimum atomic E-state index is -0.937. The van der Waals surface area contributed by atoms with Gasteiger partial charge < -0.3 is 14.2 Å². The number of Topliss-reactive ketones (excluding diaryl/α,β-unsaturated/α-hetero) is 1. The minimum absolute atomic E-state index is 0.0268. The molecule has 0 unspecified atom stereocenters. The maximum absolute atomic E-state index is 12.8. The van der Waals surface area contributed by atoms with Crippen molar-refractivity contribution in [3.8, 4) is 0 Å². The van der Waals surface area contributed by atoms with Gasteiger partial charge in [0.05, 0.1) is 13.2 Å². The van der Waals surface area contributed by atoms with Gasteiger partial charge in [0.1, 0.15) is 0 Å². The van der Waals surface area contributed by atoms with Crippen LogP contribution in [0.3, 0.4) is 0 Å². The summed E-state index contributed by atoms with van der Waals surface area (Å²) in [6.45, 7) is 9.13. The number of ether oxygens (including phenoxy) is 3. The fraction of sp³-hybridized carbons (Fsp3) is 0.840. The molecule has 1 heterocycles. The monoisotopic (exact) mass is 416 g/mol. The second kappa shape index (κ2) is 6.65. The van der Waals surface area contributed by atoms with Crippen LogP contribution in [-0.4, -0.2) is 36.4 Å². The van der Waals surface area contributed by atoms with Crippen LogP contribution < -0.4 is 0 Å². The topological polar surface area (TPSA) is 61.8 Å². The molecule has 1 spiro atoms. The number of carbonyl (C=O) groups excluding carboxylic acids is 2. The highest BCUT2D eigenvalue weighted by atomic mass is 16.7. The summed E-state index contributed by atoms with van der Waals surface area (Å²) in [5, 5.41) is 0. The van der Waals surface area contributed by atoms with Gasteiger partial charge in [-0.15, -0.1) is 0 Å². The molecule has 166 valence electrons. The van der Waals surface area contributed by atoms with E-state index in [1.165, 1.54) is 12.5 Å². The largest absolute Gasteiger partial charge is 0.451 e. The summed E-state index contributed by atoms with van der Waals surface area (Å²) < 4.78 is 17.9. The second-order valence-electron chi connectivity index (χ2n) is 11.0. The summed E-state index contributed by atoms with van der Waals surface area (Å²) in [6, 6.07) is 0. The van der Waals surface area contributed by atoms with E-state index in [0.717, 1.165) is 44.9 Å². The molecule has 0 aromatic heterocycles. The molecule has 6 atom stereocenters. The summed E-state index contributed by atoms with van der Waals surface area (Å²) in [7, 11) is 0. The maximum atomic E-state index is 12.8. The fourth-order valence-corrected chi connectivity index (χ4v) is 8.44. The third-order valence-electron chi connectivity index (χ3n) is 9.91. The molecule has 5 aliphatic rings. The number of allylic oxidation sites excluding steroid dienone is 1. The zero-order valence-electron chi connectivity index (χ0n) is 18.9. The van der Waals surface area contributed by atoms with Crippen molar-refractivity contribution in [3.05, 3.63) is 11.6 Å². The Morgan fingerprint density at radius 2 is 1.67 bits per heavy atom. The molecule has 4 aliphatic carbocycles. The summed E-state index contributed by atoms with van der Waals surface area (Å²) >= 11 is 0. The SMILES string of the molecule is CC(=O)O[C@]1(C(C)=O)CC[C@H]2[C@@H]3CCC4=CC5(CC[C@]4(C)[C@H]3CC[C@@]21C)OCCO5. The quantitative estimate of drug-likeness (QED) is 0.487. The molecule has 1 aliphatic heterocycles. The molecule has 0 amide bonds. The highest BCUT2D eigenvalue weighted by molar-refractivity contribution is 5.89. The van der Waals surface area contributed by atoms with Crippen LogP contribution in [0.25, 0.3) is 0 Å².